The summed E-state index contributed by atoms with van der Waals surface area (Å²) in [7, 11) is 0. The molecule has 1 aliphatic carbocycles. The van der Waals surface area contributed by atoms with E-state index in [1.165, 1.54) is 0 Å². The Hall–Kier alpha value is -0.280. The fourth-order valence-corrected chi connectivity index (χ4v) is 3.86. The Bertz CT molecular complexity index is 396. The summed E-state index contributed by atoms with van der Waals surface area (Å²) in [4.78, 5) is 0. The van der Waals surface area contributed by atoms with Crippen molar-refractivity contribution in [3.8, 4) is 0 Å². The summed E-state index contributed by atoms with van der Waals surface area (Å²) < 4.78 is 0. The Labute approximate surface area is 124 Å². The first-order valence-electron chi connectivity index (χ1n) is 6.92. The molecule has 0 spiro atoms. The maximum atomic E-state index is 9.21. The molecule has 0 aromatic heterocycles. The van der Waals surface area contributed by atoms with E-state index in [0.717, 1.165) is 31.2 Å². The number of hydrogen-bond donors (Lipinski definition) is 2. The van der Waals surface area contributed by atoms with Gasteiger partial charge in [0.05, 0.1) is 0 Å². The van der Waals surface area contributed by atoms with Gasteiger partial charge in [0, 0.05) is 22.6 Å². The number of nitrogens with two attached hydrogens (primary N) is 1. The Morgan fingerprint density at radius 2 is 1.74 bits per heavy atom. The Kier molecular flexibility index (Phi) is 5.52. The van der Waals surface area contributed by atoms with Crippen LogP contribution in [-0.2, 0) is 0 Å². The van der Waals surface area contributed by atoms with Crippen LogP contribution in [0.25, 0.3) is 0 Å². The molecule has 1 aliphatic rings. The van der Waals surface area contributed by atoms with Crippen molar-refractivity contribution in [3.05, 3.63) is 33.8 Å². The summed E-state index contributed by atoms with van der Waals surface area (Å²) in [5.74, 6) is 1.20. The zero-order chi connectivity index (χ0) is 13.8. The van der Waals surface area contributed by atoms with Crippen LogP contribution in [0.1, 0.15) is 37.2 Å². The third-order valence-corrected chi connectivity index (χ3v) is 5.00. The van der Waals surface area contributed by atoms with Crippen LogP contribution in [0.3, 0.4) is 0 Å². The molecule has 1 fully saturated rings. The quantitative estimate of drug-likeness (QED) is 0.888. The van der Waals surface area contributed by atoms with Gasteiger partial charge in [0.1, 0.15) is 0 Å². The lowest BCUT2D eigenvalue weighted by Crippen LogP contribution is -2.27. The topological polar surface area (TPSA) is 46.2 Å². The van der Waals surface area contributed by atoms with Crippen molar-refractivity contribution in [2.45, 2.75) is 31.6 Å². The van der Waals surface area contributed by atoms with Crippen molar-refractivity contribution in [1.82, 2.24) is 0 Å². The summed E-state index contributed by atoms with van der Waals surface area (Å²) in [6.45, 7) is 0.866. The number of benzene rings is 1. The minimum Gasteiger partial charge on any atom is -0.396 e. The summed E-state index contributed by atoms with van der Waals surface area (Å²) in [5.41, 5.74) is 6.97. The molecule has 4 heteroatoms. The summed E-state index contributed by atoms with van der Waals surface area (Å²) in [6, 6.07) is 5.62. The average molecular weight is 302 g/mol. The van der Waals surface area contributed by atoms with Gasteiger partial charge in [-0.1, -0.05) is 29.3 Å². The summed E-state index contributed by atoms with van der Waals surface area (Å²) >= 11 is 12.6. The number of halogens is 2. The molecule has 1 atom stereocenters. The SMILES string of the molecule is NCC(c1c(Cl)cccc1Cl)C1CCC(CO)CC1. The minimum absolute atomic E-state index is 0.223. The number of rotatable bonds is 4. The second-order valence-corrected chi connectivity index (χ2v) is 6.26. The van der Waals surface area contributed by atoms with E-state index < -0.39 is 0 Å². The van der Waals surface area contributed by atoms with Gasteiger partial charge >= 0.3 is 0 Å². The van der Waals surface area contributed by atoms with Crippen molar-refractivity contribution < 1.29 is 5.11 Å². The van der Waals surface area contributed by atoms with Crippen LogP contribution >= 0.6 is 23.2 Å². The van der Waals surface area contributed by atoms with Crippen molar-refractivity contribution in [1.29, 1.82) is 0 Å². The van der Waals surface area contributed by atoms with E-state index in [0.29, 0.717) is 35.0 Å². The van der Waals surface area contributed by atoms with Gasteiger partial charge in [-0.25, -0.2) is 0 Å². The predicted octanol–water partition coefficient (Wildman–Crippen LogP) is 3.83. The van der Waals surface area contributed by atoms with E-state index in [1.807, 2.05) is 18.2 Å². The molecule has 3 N–H and O–H groups in total. The average Bonchev–Trinajstić information content (AvgIpc) is 2.43. The van der Waals surface area contributed by atoms with Crippen molar-refractivity contribution in [3.63, 3.8) is 0 Å². The number of aliphatic hydroxyl groups excluding tert-OH is 1. The number of aliphatic hydroxyl groups is 1. The minimum atomic E-state index is 0.223. The monoisotopic (exact) mass is 301 g/mol. The highest BCUT2D eigenvalue weighted by Crippen LogP contribution is 2.42. The first kappa shape index (κ1) is 15.1. The third-order valence-electron chi connectivity index (χ3n) is 4.34. The van der Waals surface area contributed by atoms with Gasteiger partial charge in [0.15, 0.2) is 0 Å². The lowest BCUT2D eigenvalue weighted by atomic mass is 9.73. The molecule has 1 saturated carbocycles. The first-order chi connectivity index (χ1) is 9.17. The maximum Gasteiger partial charge on any atom is 0.0459 e. The van der Waals surface area contributed by atoms with Gasteiger partial charge in [-0.05, 0) is 61.8 Å². The van der Waals surface area contributed by atoms with Crippen LogP contribution in [0, 0.1) is 11.8 Å². The summed E-state index contributed by atoms with van der Waals surface area (Å²) in [5, 5.41) is 10.6. The van der Waals surface area contributed by atoms with E-state index in [9.17, 15) is 5.11 Å². The zero-order valence-electron chi connectivity index (χ0n) is 11.0. The van der Waals surface area contributed by atoms with E-state index in [-0.39, 0.29) is 5.92 Å². The lowest BCUT2D eigenvalue weighted by molar-refractivity contribution is 0.158. The Morgan fingerprint density at radius 1 is 1.16 bits per heavy atom. The molecule has 1 aromatic carbocycles. The molecule has 0 aliphatic heterocycles. The van der Waals surface area contributed by atoms with Gasteiger partial charge in [-0.3, -0.25) is 0 Å². The Morgan fingerprint density at radius 3 is 2.21 bits per heavy atom. The first-order valence-corrected chi connectivity index (χ1v) is 7.67. The molecule has 2 rings (SSSR count). The maximum absolute atomic E-state index is 9.21. The van der Waals surface area contributed by atoms with Crippen molar-refractivity contribution >= 4 is 23.2 Å². The molecule has 0 heterocycles. The molecule has 0 radical (unpaired) electrons. The highest BCUT2D eigenvalue weighted by Gasteiger charge is 2.29. The van der Waals surface area contributed by atoms with Crippen LogP contribution in [0.15, 0.2) is 18.2 Å². The fraction of sp³-hybridized carbons (Fsp3) is 0.600. The van der Waals surface area contributed by atoms with Crippen molar-refractivity contribution in [2.24, 2.45) is 17.6 Å². The molecule has 1 aromatic rings. The van der Waals surface area contributed by atoms with Crippen molar-refractivity contribution in [2.75, 3.05) is 13.2 Å². The molecule has 2 nitrogen and oxygen atoms in total. The lowest BCUT2D eigenvalue weighted by Gasteiger charge is -2.33. The second-order valence-electron chi connectivity index (χ2n) is 5.44. The van der Waals surface area contributed by atoms with Gasteiger partial charge in [0.2, 0.25) is 0 Å². The third kappa shape index (κ3) is 3.43. The molecule has 0 amide bonds. The predicted molar refractivity (Wildman–Crippen MR) is 80.8 cm³/mol. The van der Waals surface area contributed by atoms with Crippen LogP contribution < -0.4 is 5.73 Å². The van der Waals surface area contributed by atoms with E-state index in [4.69, 9.17) is 28.9 Å². The largest absolute Gasteiger partial charge is 0.396 e. The van der Waals surface area contributed by atoms with Crippen LogP contribution in [-0.4, -0.2) is 18.3 Å². The highest BCUT2D eigenvalue weighted by molar-refractivity contribution is 6.36. The van der Waals surface area contributed by atoms with E-state index in [1.54, 1.807) is 0 Å². The smallest absolute Gasteiger partial charge is 0.0459 e. The standard InChI is InChI=1S/C15H21Cl2NO/c16-13-2-1-3-14(17)15(13)12(8-18)11-6-4-10(9-19)5-7-11/h1-3,10-12,19H,4-9,18H2. The molecule has 19 heavy (non-hydrogen) atoms. The summed E-state index contributed by atoms with van der Waals surface area (Å²) in [6.07, 6.45) is 4.32. The number of hydrogen-bond acceptors (Lipinski definition) is 2. The molecule has 0 bridgehead atoms. The van der Waals surface area contributed by atoms with E-state index in [2.05, 4.69) is 0 Å². The zero-order valence-corrected chi connectivity index (χ0v) is 12.5. The molecule has 106 valence electrons. The van der Waals surface area contributed by atoms with E-state index >= 15 is 0 Å². The molecule has 0 saturated heterocycles. The molecular weight excluding hydrogens is 281 g/mol. The van der Waals surface area contributed by atoms with Crippen LogP contribution in [0.4, 0.5) is 0 Å². The van der Waals surface area contributed by atoms with Gasteiger partial charge < -0.3 is 10.8 Å². The molecule has 1 unspecified atom stereocenters. The molecular formula is C15H21Cl2NO. The van der Waals surface area contributed by atoms with Gasteiger partial charge in [-0.15, -0.1) is 0 Å². The van der Waals surface area contributed by atoms with Crippen LogP contribution in [0.5, 0.6) is 0 Å². The Balaban J connectivity index is 2.17. The normalized spacial score (nSPS) is 25.3. The van der Waals surface area contributed by atoms with Gasteiger partial charge in [0.25, 0.3) is 0 Å². The van der Waals surface area contributed by atoms with Crippen LogP contribution in [0.2, 0.25) is 10.0 Å². The second kappa shape index (κ2) is 6.94. The highest BCUT2D eigenvalue weighted by atomic mass is 35.5. The van der Waals surface area contributed by atoms with Gasteiger partial charge in [-0.2, -0.15) is 0 Å². The fourth-order valence-electron chi connectivity index (χ4n) is 3.18.